The number of fused-ring (bicyclic) bond motifs is 4. The minimum Gasteiger partial charge on any atom is -0.383 e. The molecule has 0 atom stereocenters. The van der Waals surface area contributed by atoms with Crippen LogP contribution in [0.3, 0.4) is 0 Å². The van der Waals surface area contributed by atoms with Crippen molar-refractivity contribution in [3.05, 3.63) is 42.0 Å². The standard InChI is InChI=1S/C28H33FN6O4S/c1-33(8-9-39-3)18-15-35(16-18)26-23(32-40(4,37)38)10-17(13-31-26)19-11-20-22(12-21(19)29)30-14-24-25(20)28(6-5-7-28)27(36)34(24)2/h10-14,18,32H,5-9,15-16H2,1-4H3. The first kappa shape index (κ1) is 26.9. The highest BCUT2D eigenvalue weighted by Gasteiger charge is 2.54. The largest absolute Gasteiger partial charge is 0.383 e. The number of benzene rings is 1. The van der Waals surface area contributed by atoms with Crippen LogP contribution in [0.2, 0.25) is 0 Å². The third kappa shape index (κ3) is 4.29. The highest BCUT2D eigenvalue weighted by atomic mass is 32.2. The highest BCUT2D eigenvalue weighted by molar-refractivity contribution is 7.92. The fourth-order valence-corrected chi connectivity index (χ4v) is 6.72. The van der Waals surface area contributed by atoms with Gasteiger partial charge in [0.05, 0.1) is 41.4 Å². The maximum atomic E-state index is 15.5. The van der Waals surface area contributed by atoms with Gasteiger partial charge in [0, 0.05) is 74.2 Å². The van der Waals surface area contributed by atoms with Crippen molar-refractivity contribution in [1.29, 1.82) is 0 Å². The monoisotopic (exact) mass is 568 g/mol. The number of nitrogens with zero attached hydrogens (tertiary/aromatic N) is 5. The molecule has 3 aromatic rings. The minimum absolute atomic E-state index is 0.0558. The summed E-state index contributed by atoms with van der Waals surface area (Å²) >= 11 is 0. The first-order chi connectivity index (χ1) is 19.0. The summed E-state index contributed by atoms with van der Waals surface area (Å²) in [5.41, 5.74) is 2.55. The van der Waals surface area contributed by atoms with Gasteiger partial charge in [0.1, 0.15) is 5.82 Å². The number of nitrogens with one attached hydrogen (secondary N) is 1. The summed E-state index contributed by atoms with van der Waals surface area (Å²) in [6.07, 6.45) is 6.78. The Balaban J connectivity index is 1.40. The number of rotatable bonds is 8. The third-order valence-corrected chi connectivity index (χ3v) is 9.19. The summed E-state index contributed by atoms with van der Waals surface area (Å²) in [4.78, 5) is 28.1. The summed E-state index contributed by atoms with van der Waals surface area (Å²) in [6.45, 7) is 2.77. The first-order valence-corrected chi connectivity index (χ1v) is 15.2. The van der Waals surface area contributed by atoms with E-state index >= 15 is 4.39 Å². The molecule has 2 aromatic heterocycles. The smallest absolute Gasteiger partial charge is 0.237 e. The number of hydrogen-bond donors (Lipinski definition) is 1. The van der Waals surface area contributed by atoms with Crippen LogP contribution in [-0.4, -0.2) is 88.9 Å². The van der Waals surface area contributed by atoms with Gasteiger partial charge in [0.2, 0.25) is 15.9 Å². The molecule has 1 amide bonds. The minimum atomic E-state index is -3.62. The average Bonchev–Trinajstić information content (AvgIpc) is 3.08. The average molecular weight is 569 g/mol. The van der Waals surface area contributed by atoms with E-state index in [1.165, 1.54) is 6.07 Å². The molecule has 2 aliphatic heterocycles. The lowest BCUT2D eigenvalue weighted by molar-refractivity contribution is -0.125. The Labute approximate surface area is 233 Å². The topological polar surface area (TPSA) is 108 Å². The second-order valence-electron chi connectivity index (χ2n) is 11.2. The number of anilines is 3. The fraction of sp³-hybridized carbons (Fsp3) is 0.464. The molecule has 6 rings (SSSR count). The van der Waals surface area contributed by atoms with E-state index in [1.54, 1.807) is 43.6 Å². The number of likely N-dealkylation sites (N-methyl/N-ethyl adjacent to an activating group) is 2. The van der Waals surface area contributed by atoms with Gasteiger partial charge < -0.3 is 14.5 Å². The van der Waals surface area contributed by atoms with Crippen molar-refractivity contribution in [2.45, 2.75) is 30.7 Å². The van der Waals surface area contributed by atoms with Gasteiger partial charge in [-0.2, -0.15) is 0 Å². The van der Waals surface area contributed by atoms with E-state index in [0.29, 0.717) is 42.3 Å². The summed E-state index contributed by atoms with van der Waals surface area (Å²) in [7, 11) is 1.83. The highest BCUT2D eigenvalue weighted by Crippen LogP contribution is 2.55. The Morgan fingerprint density at radius 3 is 2.60 bits per heavy atom. The Hall–Kier alpha value is -3.35. The van der Waals surface area contributed by atoms with Gasteiger partial charge in [0.15, 0.2) is 5.82 Å². The molecule has 3 aliphatic rings. The van der Waals surface area contributed by atoms with Gasteiger partial charge in [-0.25, -0.2) is 17.8 Å². The molecule has 0 radical (unpaired) electrons. The van der Waals surface area contributed by atoms with Gasteiger partial charge in [-0.3, -0.25) is 19.4 Å². The van der Waals surface area contributed by atoms with E-state index in [1.807, 2.05) is 11.9 Å². The van der Waals surface area contributed by atoms with E-state index in [9.17, 15) is 13.2 Å². The normalized spacial score (nSPS) is 18.4. The first-order valence-electron chi connectivity index (χ1n) is 13.4. The number of ether oxygens (including phenoxy) is 1. The Bertz CT molecular complexity index is 1620. The zero-order chi connectivity index (χ0) is 28.4. The number of halogens is 1. The summed E-state index contributed by atoms with van der Waals surface area (Å²) in [6, 6.07) is 5.03. The van der Waals surface area contributed by atoms with Crippen LogP contribution in [0.1, 0.15) is 24.8 Å². The molecule has 212 valence electrons. The molecular weight excluding hydrogens is 535 g/mol. The van der Waals surface area contributed by atoms with Crippen molar-refractivity contribution in [3.63, 3.8) is 0 Å². The van der Waals surface area contributed by atoms with Crippen molar-refractivity contribution in [1.82, 2.24) is 14.9 Å². The van der Waals surface area contributed by atoms with Crippen LogP contribution >= 0.6 is 0 Å². The van der Waals surface area contributed by atoms with Crippen LogP contribution in [0, 0.1) is 5.82 Å². The second kappa shape index (κ2) is 9.64. The Kier molecular flexibility index (Phi) is 6.47. The fourth-order valence-electron chi connectivity index (χ4n) is 6.17. The molecule has 4 heterocycles. The van der Waals surface area contributed by atoms with Crippen molar-refractivity contribution >= 4 is 44.0 Å². The molecule has 10 nitrogen and oxygen atoms in total. The molecular formula is C28H33FN6O4S. The van der Waals surface area contributed by atoms with Gasteiger partial charge in [-0.05, 0) is 32.0 Å². The van der Waals surface area contributed by atoms with Gasteiger partial charge in [-0.1, -0.05) is 6.42 Å². The number of pyridine rings is 2. The predicted molar refractivity (Wildman–Crippen MR) is 153 cm³/mol. The number of hydrogen-bond acceptors (Lipinski definition) is 8. The van der Waals surface area contributed by atoms with Crippen LogP contribution < -0.4 is 14.5 Å². The SMILES string of the molecule is COCCN(C)C1CN(c2ncc(-c3cc4c5c(cnc4cc3F)N(C)C(=O)C53CCC3)cc2NS(C)(=O)=O)C1. The number of methoxy groups -OCH3 is 1. The molecule has 0 unspecified atom stereocenters. The van der Waals surface area contributed by atoms with Crippen LogP contribution in [0.25, 0.3) is 22.0 Å². The number of amides is 1. The zero-order valence-corrected chi connectivity index (χ0v) is 23.9. The van der Waals surface area contributed by atoms with Crippen LogP contribution in [-0.2, 0) is 25.0 Å². The second-order valence-corrected chi connectivity index (χ2v) is 12.9. The lowest BCUT2D eigenvalue weighted by Crippen LogP contribution is -2.59. The van der Waals surface area contributed by atoms with Gasteiger partial charge in [-0.15, -0.1) is 0 Å². The quantitative estimate of drug-likeness (QED) is 0.442. The number of aromatic nitrogens is 2. The summed E-state index contributed by atoms with van der Waals surface area (Å²) in [5, 5.41) is 0.734. The lowest BCUT2D eigenvalue weighted by atomic mass is 9.64. The van der Waals surface area contributed by atoms with Gasteiger partial charge >= 0.3 is 0 Å². The summed E-state index contributed by atoms with van der Waals surface area (Å²) in [5.74, 6) is 0.0548. The molecule has 12 heteroatoms. The van der Waals surface area contributed by atoms with Crippen molar-refractivity contribution in [2.24, 2.45) is 0 Å². The molecule has 40 heavy (non-hydrogen) atoms. The number of sulfonamides is 1. The molecule has 1 aromatic carbocycles. The number of carbonyl (C=O) groups excluding carboxylic acids is 1. The lowest BCUT2D eigenvalue weighted by Gasteiger charge is -2.45. The maximum absolute atomic E-state index is 15.5. The predicted octanol–water partition coefficient (Wildman–Crippen LogP) is 2.97. The summed E-state index contributed by atoms with van der Waals surface area (Å²) < 4.78 is 47.8. The van der Waals surface area contributed by atoms with E-state index in [4.69, 9.17) is 4.74 Å². The van der Waals surface area contributed by atoms with Gasteiger partial charge in [0.25, 0.3) is 0 Å². The molecule has 1 aliphatic carbocycles. The van der Waals surface area contributed by atoms with Crippen LogP contribution in [0.15, 0.2) is 30.6 Å². The third-order valence-electron chi connectivity index (χ3n) is 8.60. The van der Waals surface area contributed by atoms with Crippen molar-refractivity contribution in [3.8, 4) is 11.1 Å². The van der Waals surface area contributed by atoms with E-state index in [2.05, 4.69) is 19.6 Å². The number of carbonyl (C=O) groups is 1. The van der Waals surface area contributed by atoms with E-state index in [-0.39, 0.29) is 17.5 Å². The van der Waals surface area contributed by atoms with Crippen molar-refractivity contribution in [2.75, 3.05) is 68.2 Å². The molecule has 1 saturated carbocycles. The van der Waals surface area contributed by atoms with Crippen LogP contribution in [0.4, 0.5) is 21.6 Å². The van der Waals surface area contributed by atoms with Crippen molar-refractivity contribution < 1.29 is 22.3 Å². The Morgan fingerprint density at radius 2 is 1.95 bits per heavy atom. The maximum Gasteiger partial charge on any atom is 0.237 e. The Morgan fingerprint density at radius 1 is 1.20 bits per heavy atom. The molecule has 1 spiro atoms. The van der Waals surface area contributed by atoms with E-state index < -0.39 is 21.3 Å². The van der Waals surface area contributed by atoms with E-state index in [0.717, 1.165) is 48.7 Å². The molecule has 0 bridgehead atoms. The zero-order valence-electron chi connectivity index (χ0n) is 23.1. The molecule has 2 fully saturated rings. The van der Waals surface area contributed by atoms with Crippen LogP contribution in [0.5, 0.6) is 0 Å². The molecule has 1 N–H and O–H groups in total. The molecule has 1 saturated heterocycles.